The highest BCUT2D eigenvalue weighted by molar-refractivity contribution is 7.89. The molecule has 0 radical (unpaired) electrons. The number of hydrogen-bond donors (Lipinski definition) is 1. The number of likely N-dealkylation sites (N-methyl/N-ethyl adjacent to an activating group) is 1. The summed E-state index contributed by atoms with van der Waals surface area (Å²) in [4.78, 5) is 10.4. The predicted octanol–water partition coefficient (Wildman–Crippen LogP) is 0.233. The molecule has 1 aliphatic heterocycles. The third-order valence-electron chi connectivity index (χ3n) is 3.62. The molecule has 2 heterocycles. The van der Waals surface area contributed by atoms with Gasteiger partial charge in [0.1, 0.15) is 4.90 Å². The largest absolute Gasteiger partial charge is 0.357 e. The lowest BCUT2D eigenvalue weighted by atomic mass is 10.2. The van der Waals surface area contributed by atoms with Crippen molar-refractivity contribution in [2.75, 3.05) is 38.5 Å². The van der Waals surface area contributed by atoms with Crippen LogP contribution >= 0.6 is 0 Å². The second-order valence-corrected chi connectivity index (χ2v) is 6.77. The van der Waals surface area contributed by atoms with Crippen LogP contribution in [-0.2, 0) is 10.0 Å². The van der Waals surface area contributed by atoms with Crippen molar-refractivity contribution in [1.82, 2.24) is 19.2 Å². The van der Waals surface area contributed by atoms with Crippen molar-refractivity contribution >= 4 is 16.0 Å². The molecule has 1 saturated heterocycles. The van der Waals surface area contributed by atoms with E-state index in [1.54, 1.807) is 7.05 Å². The van der Waals surface area contributed by atoms with E-state index in [0.717, 1.165) is 13.1 Å². The van der Waals surface area contributed by atoms with Gasteiger partial charge in [0.05, 0.1) is 12.4 Å². The van der Waals surface area contributed by atoms with Crippen LogP contribution in [0.5, 0.6) is 0 Å². The summed E-state index contributed by atoms with van der Waals surface area (Å²) >= 11 is 0. The fraction of sp³-hybridized carbons (Fsp3) is 0.667. The Morgan fingerprint density at radius 2 is 2.00 bits per heavy atom. The quantitative estimate of drug-likeness (QED) is 0.857. The summed E-state index contributed by atoms with van der Waals surface area (Å²) in [6, 6.07) is 0.223. The van der Waals surface area contributed by atoms with Gasteiger partial charge in [-0.15, -0.1) is 0 Å². The molecule has 1 fully saturated rings. The molecule has 8 heteroatoms. The van der Waals surface area contributed by atoms with Gasteiger partial charge in [0, 0.05) is 32.7 Å². The average Bonchev–Trinajstić information content (AvgIpc) is 2.47. The van der Waals surface area contributed by atoms with Crippen molar-refractivity contribution in [2.24, 2.45) is 0 Å². The number of nitrogens with one attached hydrogen (secondary N) is 1. The van der Waals surface area contributed by atoms with Gasteiger partial charge in [0.15, 0.2) is 0 Å². The van der Waals surface area contributed by atoms with E-state index < -0.39 is 10.0 Å². The van der Waals surface area contributed by atoms with Crippen molar-refractivity contribution in [1.29, 1.82) is 0 Å². The van der Waals surface area contributed by atoms with Gasteiger partial charge >= 0.3 is 0 Å². The molecule has 1 N–H and O–H groups in total. The number of rotatable bonds is 4. The van der Waals surface area contributed by atoms with Gasteiger partial charge in [-0.3, -0.25) is 4.90 Å². The zero-order chi connectivity index (χ0) is 14.8. The van der Waals surface area contributed by atoms with Crippen LogP contribution in [0.1, 0.15) is 13.8 Å². The molecule has 1 aliphatic rings. The van der Waals surface area contributed by atoms with Gasteiger partial charge < -0.3 is 5.32 Å². The Balaban J connectivity index is 2.18. The molecule has 0 aliphatic carbocycles. The first kappa shape index (κ1) is 15.1. The first-order valence-corrected chi connectivity index (χ1v) is 8.17. The molecule has 0 bridgehead atoms. The number of piperazine rings is 1. The normalized spacial score (nSPS) is 21.9. The molecule has 0 saturated carbocycles. The van der Waals surface area contributed by atoms with E-state index in [1.807, 2.05) is 6.92 Å². The highest BCUT2D eigenvalue weighted by atomic mass is 32.2. The predicted molar refractivity (Wildman–Crippen MR) is 77.0 cm³/mol. The number of sulfonamides is 1. The van der Waals surface area contributed by atoms with Crippen LogP contribution in [0.2, 0.25) is 0 Å². The fourth-order valence-electron chi connectivity index (χ4n) is 2.38. The van der Waals surface area contributed by atoms with Crippen LogP contribution < -0.4 is 5.32 Å². The van der Waals surface area contributed by atoms with E-state index in [1.165, 1.54) is 16.7 Å². The van der Waals surface area contributed by atoms with Crippen LogP contribution in [0.15, 0.2) is 17.3 Å². The summed E-state index contributed by atoms with van der Waals surface area (Å²) in [7, 11) is -1.81. The second-order valence-electron chi connectivity index (χ2n) is 4.83. The van der Waals surface area contributed by atoms with Crippen molar-refractivity contribution in [3.05, 3.63) is 12.4 Å². The molecular formula is C12H21N5O2S. The maximum absolute atomic E-state index is 12.5. The number of nitrogens with zero attached hydrogens (tertiary/aromatic N) is 4. The van der Waals surface area contributed by atoms with Gasteiger partial charge in [-0.05, 0) is 13.5 Å². The summed E-state index contributed by atoms with van der Waals surface area (Å²) in [5, 5.41) is 2.77. The molecule has 2 rings (SSSR count). The summed E-state index contributed by atoms with van der Waals surface area (Å²) in [5.41, 5.74) is 0. The topological polar surface area (TPSA) is 78.4 Å². The Labute approximate surface area is 120 Å². The minimum Gasteiger partial charge on any atom is -0.357 e. The van der Waals surface area contributed by atoms with Gasteiger partial charge in [-0.25, -0.2) is 18.4 Å². The first-order valence-electron chi connectivity index (χ1n) is 6.73. The van der Waals surface area contributed by atoms with E-state index in [9.17, 15) is 8.42 Å². The third kappa shape index (κ3) is 2.92. The third-order valence-corrected chi connectivity index (χ3v) is 5.44. The molecule has 1 aromatic heterocycles. The lowest BCUT2D eigenvalue weighted by Gasteiger charge is -2.38. The van der Waals surface area contributed by atoms with Crippen molar-refractivity contribution < 1.29 is 8.42 Å². The fourth-order valence-corrected chi connectivity index (χ4v) is 3.78. The molecule has 112 valence electrons. The Morgan fingerprint density at radius 1 is 1.35 bits per heavy atom. The molecule has 1 unspecified atom stereocenters. The monoisotopic (exact) mass is 299 g/mol. The van der Waals surface area contributed by atoms with Crippen molar-refractivity contribution in [3.8, 4) is 0 Å². The highest BCUT2D eigenvalue weighted by Gasteiger charge is 2.31. The summed E-state index contributed by atoms with van der Waals surface area (Å²) in [6.07, 6.45) is 2.70. The van der Waals surface area contributed by atoms with Gasteiger partial charge in [0.25, 0.3) is 0 Å². The van der Waals surface area contributed by atoms with E-state index >= 15 is 0 Å². The molecule has 0 spiro atoms. The lowest BCUT2D eigenvalue weighted by molar-refractivity contribution is 0.135. The zero-order valence-corrected chi connectivity index (χ0v) is 12.9. The highest BCUT2D eigenvalue weighted by Crippen LogP contribution is 2.19. The Morgan fingerprint density at radius 3 is 2.50 bits per heavy atom. The first-order chi connectivity index (χ1) is 9.48. The SMILES string of the molecule is CCN1CCN(S(=O)(=O)c2cnc(NC)nc2)CC1C. The lowest BCUT2D eigenvalue weighted by Crippen LogP contribution is -2.53. The maximum atomic E-state index is 12.5. The number of aromatic nitrogens is 2. The molecule has 1 atom stereocenters. The summed E-state index contributed by atoms with van der Waals surface area (Å²) in [5.74, 6) is 0.410. The average molecular weight is 299 g/mol. The standard InChI is InChI=1S/C12H21N5O2S/c1-4-16-5-6-17(9-10(16)2)20(18,19)11-7-14-12(13-3)15-8-11/h7-8,10H,4-6,9H2,1-3H3,(H,13,14,15). The summed E-state index contributed by atoms with van der Waals surface area (Å²) in [6.45, 7) is 6.84. The number of anilines is 1. The Bertz CT molecular complexity index is 545. The molecule has 20 heavy (non-hydrogen) atoms. The number of hydrogen-bond acceptors (Lipinski definition) is 6. The zero-order valence-electron chi connectivity index (χ0n) is 12.1. The Kier molecular flexibility index (Phi) is 4.56. The van der Waals surface area contributed by atoms with Crippen LogP contribution in [0.3, 0.4) is 0 Å². The van der Waals surface area contributed by atoms with Crippen LogP contribution in [0.25, 0.3) is 0 Å². The molecule has 0 aromatic carbocycles. The Hall–Kier alpha value is -1.25. The van der Waals surface area contributed by atoms with Crippen LogP contribution in [0, 0.1) is 0 Å². The van der Waals surface area contributed by atoms with Gasteiger partial charge in [-0.1, -0.05) is 6.92 Å². The minimum absolute atomic E-state index is 0.147. The molecule has 0 amide bonds. The summed E-state index contributed by atoms with van der Waals surface area (Å²) < 4.78 is 26.6. The minimum atomic E-state index is -3.50. The van der Waals surface area contributed by atoms with Crippen molar-refractivity contribution in [3.63, 3.8) is 0 Å². The molecule has 1 aromatic rings. The van der Waals surface area contributed by atoms with E-state index in [4.69, 9.17) is 0 Å². The second kappa shape index (κ2) is 6.02. The van der Waals surface area contributed by atoms with E-state index in [-0.39, 0.29) is 10.9 Å². The molecule has 7 nitrogen and oxygen atoms in total. The van der Waals surface area contributed by atoms with E-state index in [2.05, 4.69) is 27.1 Å². The maximum Gasteiger partial charge on any atom is 0.246 e. The van der Waals surface area contributed by atoms with Crippen molar-refractivity contribution in [2.45, 2.75) is 24.8 Å². The van der Waals surface area contributed by atoms with Crippen LogP contribution in [0.4, 0.5) is 5.95 Å². The van der Waals surface area contributed by atoms with Crippen LogP contribution in [-0.4, -0.2) is 66.9 Å². The van der Waals surface area contributed by atoms with E-state index in [0.29, 0.717) is 19.0 Å². The van der Waals surface area contributed by atoms with Gasteiger partial charge in [0.2, 0.25) is 16.0 Å². The smallest absolute Gasteiger partial charge is 0.246 e. The van der Waals surface area contributed by atoms with Gasteiger partial charge in [-0.2, -0.15) is 4.31 Å². The molecular weight excluding hydrogens is 278 g/mol.